The fraction of sp³-hybridized carbons (Fsp3) is 1.00. The van der Waals surface area contributed by atoms with Crippen LogP contribution in [-0.4, -0.2) is 31.6 Å². The maximum atomic E-state index is 12.8. The first-order valence-corrected chi connectivity index (χ1v) is 3.59. The van der Waals surface area contributed by atoms with E-state index in [-0.39, 0.29) is 0 Å². The number of ether oxygens (including phenoxy) is 2. The van der Waals surface area contributed by atoms with Crippen molar-refractivity contribution >= 4 is 0 Å². The van der Waals surface area contributed by atoms with Crippen molar-refractivity contribution in [2.24, 2.45) is 0 Å². The Balaban J connectivity index is 5.10. The summed E-state index contributed by atoms with van der Waals surface area (Å²) in [5.41, 5.74) is 0. The lowest BCUT2D eigenvalue weighted by molar-refractivity contribution is -0.462. The molecule has 0 radical (unpaired) electrons. The summed E-state index contributed by atoms with van der Waals surface area (Å²) in [5.74, 6) is -5.50. The quantitative estimate of drug-likeness (QED) is 0.692. The van der Waals surface area contributed by atoms with Crippen LogP contribution in [0.15, 0.2) is 0 Å². The van der Waals surface area contributed by atoms with Gasteiger partial charge in [0.25, 0.3) is 0 Å². The van der Waals surface area contributed by atoms with Crippen molar-refractivity contribution in [2.75, 3.05) is 13.5 Å². The van der Waals surface area contributed by atoms with E-state index in [0.717, 1.165) is 6.92 Å². The first kappa shape index (κ1) is 14.4. The molecule has 0 spiro atoms. The lowest BCUT2D eigenvalue weighted by Gasteiger charge is -2.32. The van der Waals surface area contributed by atoms with Crippen molar-refractivity contribution < 1.29 is 40.2 Å². The molecule has 0 amide bonds. The Labute approximate surface area is 79.9 Å². The molecule has 0 aromatic carbocycles. The summed E-state index contributed by atoms with van der Waals surface area (Å²) in [6.45, 7) is -2.34. The van der Waals surface area contributed by atoms with Crippen LogP contribution in [-0.2, 0) is 9.47 Å². The second kappa shape index (κ2) is 4.52. The maximum Gasteiger partial charge on any atom is 0.458 e. The van der Waals surface area contributed by atoms with E-state index in [9.17, 15) is 30.7 Å². The third-order valence-electron chi connectivity index (χ3n) is 1.32. The molecule has 92 valence electrons. The predicted molar refractivity (Wildman–Crippen MR) is 33.5 cm³/mol. The maximum absolute atomic E-state index is 12.8. The van der Waals surface area contributed by atoms with Gasteiger partial charge in [-0.25, -0.2) is 4.39 Å². The summed E-state index contributed by atoms with van der Waals surface area (Å²) in [5, 5.41) is 0. The first-order chi connectivity index (χ1) is 6.62. The van der Waals surface area contributed by atoms with Crippen LogP contribution in [0.2, 0.25) is 0 Å². The number of rotatable bonds is 5. The third kappa shape index (κ3) is 2.71. The van der Waals surface area contributed by atoms with Gasteiger partial charge in [-0.2, -0.15) is 26.3 Å². The van der Waals surface area contributed by atoms with Gasteiger partial charge < -0.3 is 9.47 Å². The second-order valence-electron chi connectivity index (χ2n) is 2.30. The zero-order chi connectivity index (χ0) is 12.3. The molecule has 1 atom stereocenters. The highest BCUT2D eigenvalue weighted by molar-refractivity contribution is 4.86. The lowest BCUT2D eigenvalue weighted by Crippen LogP contribution is -2.58. The van der Waals surface area contributed by atoms with Crippen LogP contribution in [0.1, 0.15) is 6.92 Å². The molecule has 1 unspecified atom stereocenters. The molecule has 0 rings (SSSR count). The molecule has 0 aliphatic heterocycles. The largest absolute Gasteiger partial charge is 0.458 e. The normalized spacial score (nSPS) is 17.6. The predicted octanol–water partition coefficient (Wildman–Crippen LogP) is 2.79. The van der Waals surface area contributed by atoms with Crippen LogP contribution in [0.25, 0.3) is 0 Å². The average Bonchev–Trinajstić information content (AvgIpc) is 2.02. The summed E-state index contributed by atoms with van der Waals surface area (Å²) >= 11 is 0. The zero-order valence-corrected chi connectivity index (χ0v) is 7.38. The van der Waals surface area contributed by atoms with Crippen LogP contribution in [0, 0.1) is 0 Å². The average molecular weight is 244 g/mol. The lowest BCUT2D eigenvalue weighted by atomic mass is 10.2. The summed E-state index contributed by atoms with van der Waals surface area (Å²) in [6.07, 6.45) is -11.4. The van der Waals surface area contributed by atoms with Crippen LogP contribution in [0.3, 0.4) is 0 Å². The Morgan fingerprint density at radius 1 is 0.933 bits per heavy atom. The minimum Gasteiger partial charge on any atom is -0.316 e. The topological polar surface area (TPSA) is 18.5 Å². The van der Waals surface area contributed by atoms with Crippen LogP contribution >= 0.6 is 0 Å². The van der Waals surface area contributed by atoms with Gasteiger partial charge >= 0.3 is 18.1 Å². The van der Waals surface area contributed by atoms with Gasteiger partial charge in [0.2, 0.25) is 0 Å². The highest BCUT2D eigenvalue weighted by Gasteiger charge is 2.74. The Bertz CT molecular complexity index is 204. The molecule has 0 aliphatic rings. The highest BCUT2D eigenvalue weighted by atomic mass is 19.4. The number of hydrogen-bond donors (Lipinski definition) is 0. The van der Waals surface area contributed by atoms with Crippen molar-refractivity contribution in [3.8, 4) is 0 Å². The molecule has 0 bridgehead atoms. The molecule has 0 saturated carbocycles. The fourth-order valence-electron chi connectivity index (χ4n) is 0.680. The van der Waals surface area contributed by atoms with E-state index < -0.39 is 31.6 Å². The molecular weight excluding hydrogens is 237 g/mol. The van der Waals surface area contributed by atoms with E-state index in [0.29, 0.717) is 0 Å². The van der Waals surface area contributed by atoms with Crippen molar-refractivity contribution in [1.82, 2.24) is 0 Å². The van der Waals surface area contributed by atoms with Crippen molar-refractivity contribution in [2.45, 2.75) is 25.1 Å². The van der Waals surface area contributed by atoms with Gasteiger partial charge in [0.05, 0.1) is 6.61 Å². The standard InChI is InChI=1S/C6H7F7O2/c1-2-14-6(12,13)4(8,15-3-7)5(9,10)11/h2-3H2,1H3. The fourth-order valence-corrected chi connectivity index (χ4v) is 0.680. The van der Waals surface area contributed by atoms with E-state index >= 15 is 0 Å². The number of halogens is 7. The van der Waals surface area contributed by atoms with Crippen LogP contribution in [0.4, 0.5) is 30.7 Å². The Morgan fingerprint density at radius 2 is 1.40 bits per heavy atom. The van der Waals surface area contributed by atoms with Gasteiger partial charge in [0.15, 0.2) is 6.86 Å². The zero-order valence-electron chi connectivity index (χ0n) is 7.38. The monoisotopic (exact) mass is 244 g/mol. The van der Waals surface area contributed by atoms with E-state index in [1.54, 1.807) is 0 Å². The Hall–Kier alpha value is -0.570. The summed E-state index contributed by atoms with van der Waals surface area (Å²) in [4.78, 5) is 0. The van der Waals surface area contributed by atoms with Gasteiger partial charge in [0, 0.05) is 0 Å². The minimum atomic E-state index is -6.11. The van der Waals surface area contributed by atoms with E-state index in [2.05, 4.69) is 9.47 Å². The van der Waals surface area contributed by atoms with Gasteiger partial charge in [-0.3, -0.25) is 0 Å². The SMILES string of the molecule is CCOC(F)(F)C(F)(OCF)C(F)(F)F. The Morgan fingerprint density at radius 3 is 1.67 bits per heavy atom. The molecular formula is C6H7F7O2. The first-order valence-electron chi connectivity index (χ1n) is 3.59. The molecule has 0 aromatic heterocycles. The summed E-state index contributed by atoms with van der Waals surface area (Å²) in [7, 11) is 0. The van der Waals surface area contributed by atoms with E-state index in [1.807, 2.05) is 0 Å². The van der Waals surface area contributed by atoms with Crippen molar-refractivity contribution in [3.63, 3.8) is 0 Å². The molecule has 0 heterocycles. The van der Waals surface area contributed by atoms with Crippen molar-refractivity contribution in [3.05, 3.63) is 0 Å². The highest BCUT2D eigenvalue weighted by Crippen LogP contribution is 2.46. The van der Waals surface area contributed by atoms with E-state index in [1.165, 1.54) is 0 Å². The summed E-state index contributed by atoms with van der Waals surface area (Å²) < 4.78 is 91.0. The molecule has 2 nitrogen and oxygen atoms in total. The molecule has 15 heavy (non-hydrogen) atoms. The summed E-state index contributed by atoms with van der Waals surface area (Å²) in [6, 6.07) is 0. The molecule has 0 N–H and O–H groups in total. The van der Waals surface area contributed by atoms with Gasteiger partial charge in [-0.05, 0) is 6.92 Å². The van der Waals surface area contributed by atoms with Gasteiger partial charge in [-0.15, -0.1) is 0 Å². The molecule has 0 fully saturated rings. The molecule has 0 saturated heterocycles. The number of hydrogen-bond acceptors (Lipinski definition) is 2. The molecule has 9 heteroatoms. The smallest absolute Gasteiger partial charge is 0.316 e. The van der Waals surface area contributed by atoms with Crippen molar-refractivity contribution in [1.29, 1.82) is 0 Å². The number of alkyl halides is 7. The van der Waals surface area contributed by atoms with Crippen LogP contribution in [0.5, 0.6) is 0 Å². The van der Waals surface area contributed by atoms with E-state index in [4.69, 9.17) is 0 Å². The third-order valence-corrected chi connectivity index (χ3v) is 1.32. The van der Waals surface area contributed by atoms with Gasteiger partial charge in [-0.1, -0.05) is 0 Å². The second-order valence-corrected chi connectivity index (χ2v) is 2.30. The molecule has 0 aliphatic carbocycles. The minimum absolute atomic E-state index is 0.898. The van der Waals surface area contributed by atoms with Crippen LogP contribution < -0.4 is 0 Å². The molecule has 0 aromatic rings. The van der Waals surface area contributed by atoms with Gasteiger partial charge in [0.1, 0.15) is 0 Å². The Kier molecular flexibility index (Phi) is 4.35.